The monoisotopic (exact) mass is 461 g/mol. The van der Waals surface area contributed by atoms with Gasteiger partial charge in [0.15, 0.2) is 0 Å². The number of hydrogen-bond acceptors (Lipinski definition) is 3. The van der Waals surface area contributed by atoms with Crippen LogP contribution in [0, 0.1) is 5.82 Å². The summed E-state index contributed by atoms with van der Waals surface area (Å²) in [6, 6.07) is 18.8. The topological polar surface area (TPSA) is 63.2 Å². The molecule has 0 atom stereocenters. The van der Waals surface area contributed by atoms with E-state index < -0.39 is 15.8 Å². The maximum Gasteiger partial charge on any atom is 0.261 e. The highest BCUT2D eigenvalue weighted by Crippen LogP contribution is 2.18. The minimum Gasteiger partial charge on any atom is -0.299 e. The fraction of sp³-hybridized carbons (Fsp3) is 0.0952. The summed E-state index contributed by atoms with van der Waals surface area (Å²) in [5.41, 5.74) is 1.93. The number of halogens is 2. The van der Waals surface area contributed by atoms with Crippen LogP contribution in [0.3, 0.4) is 0 Å². The number of anilines is 1. The van der Waals surface area contributed by atoms with Crippen LogP contribution in [0.4, 0.5) is 10.1 Å². The van der Waals surface area contributed by atoms with Crippen molar-refractivity contribution in [1.82, 2.24) is 0 Å². The first-order valence-corrected chi connectivity index (χ1v) is 10.7. The summed E-state index contributed by atoms with van der Waals surface area (Å²) in [4.78, 5) is 12.3. The van der Waals surface area contributed by atoms with Crippen molar-refractivity contribution >= 4 is 37.4 Å². The molecule has 0 aliphatic rings. The number of carbonyl (C=O) groups excluding carboxylic acids is 1. The van der Waals surface area contributed by atoms with Gasteiger partial charge in [0.25, 0.3) is 10.0 Å². The van der Waals surface area contributed by atoms with E-state index in [-0.39, 0.29) is 22.8 Å². The Bertz CT molecular complexity index is 1080. The first-order chi connectivity index (χ1) is 13.3. The van der Waals surface area contributed by atoms with Gasteiger partial charge in [-0.05, 0) is 59.7 Å². The Hall–Kier alpha value is -2.51. The average molecular weight is 462 g/mol. The number of sulfonamides is 1. The molecule has 3 rings (SSSR count). The maximum atomic E-state index is 12.9. The highest BCUT2D eigenvalue weighted by molar-refractivity contribution is 9.10. The fourth-order valence-corrected chi connectivity index (χ4v) is 4.19. The van der Waals surface area contributed by atoms with Crippen LogP contribution in [0.1, 0.15) is 11.1 Å². The van der Waals surface area contributed by atoms with E-state index in [0.717, 1.165) is 15.6 Å². The maximum absolute atomic E-state index is 12.9. The Kier molecular flexibility index (Phi) is 6.26. The molecule has 0 aliphatic carbocycles. The summed E-state index contributed by atoms with van der Waals surface area (Å²) in [5.74, 6) is -0.405. The lowest BCUT2D eigenvalue weighted by atomic mass is 10.0. The molecule has 0 aromatic heterocycles. The molecule has 0 fully saturated rings. The van der Waals surface area contributed by atoms with Gasteiger partial charge in [0, 0.05) is 23.0 Å². The van der Waals surface area contributed by atoms with Crippen LogP contribution in [0.2, 0.25) is 0 Å². The molecule has 7 heteroatoms. The molecule has 3 aromatic carbocycles. The second kappa shape index (κ2) is 8.67. The average Bonchev–Trinajstić information content (AvgIpc) is 2.64. The lowest BCUT2D eigenvalue weighted by Gasteiger charge is -2.09. The summed E-state index contributed by atoms with van der Waals surface area (Å²) in [6.45, 7) is 0. The normalized spacial score (nSPS) is 11.2. The van der Waals surface area contributed by atoms with Gasteiger partial charge in [-0.2, -0.15) is 0 Å². The molecule has 4 nitrogen and oxygen atoms in total. The van der Waals surface area contributed by atoms with E-state index in [2.05, 4.69) is 20.7 Å². The van der Waals surface area contributed by atoms with Crippen molar-refractivity contribution in [3.63, 3.8) is 0 Å². The van der Waals surface area contributed by atoms with Crippen molar-refractivity contribution in [2.45, 2.75) is 17.7 Å². The van der Waals surface area contributed by atoms with Crippen molar-refractivity contribution in [2.75, 3.05) is 4.72 Å². The minimum atomic E-state index is -3.79. The molecule has 0 amide bonds. The third kappa shape index (κ3) is 5.50. The molecule has 0 unspecified atom stereocenters. The van der Waals surface area contributed by atoms with Crippen LogP contribution in [-0.2, 0) is 27.7 Å². The molecule has 28 heavy (non-hydrogen) atoms. The van der Waals surface area contributed by atoms with Gasteiger partial charge in [-0.25, -0.2) is 12.8 Å². The molecule has 0 saturated heterocycles. The van der Waals surface area contributed by atoms with Gasteiger partial charge in [-0.3, -0.25) is 9.52 Å². The molecule has 0 heterocycles. The largest absolute Gasteiger partial charge is 0.299 e. The zero-order chi connectivity index (χ0) is 20.1. The molecule has 0 bridgehead atoms. The fourth-order valence-electron chi connectivity index (χ4n) is 2.68. The number of rotatable bonds is 7. The molecule has 1 N–H and O–H groups in total. The highest BCUT2D eigenvalue weighted by atomic mass is 79.9. The van der Waals surface area contributed by atoms with E-state index in [4.69, 9.17) is 0 Å². The van der Waals surface area contributed by atoms with Gasteiger partial charge in [-0.1, -0.05) is 40.2 Å². The van der Waals surface area contributed by atoms with Crippen molar-refractivity contribution in [1.29, 1.82) is 0 Å². The lowest BCUT2D eigenvalue weighted by Crippen LogP contribution is -2.13. The van der Waals surface area contributed by atoms with Crippen LogP contribution in [0.15, 0.2) is 82.2 Å². The summed E-state index contributed by atoms with van der Waals surface area (Å²) in [7, 11) is -3.79. The van der Waals surface area contributed by atoms with Crippen molar-refractivity contribution in [3.05, 3.63) is 94.2 Å². The Morgan fingerprint density at radius 1 is 0.893 bits per heavy atom. The Morgan fingerprint density at radius 2 is 1.54 bits per heavy atom. The van der Waals surface area contributed by atoms with Crippen LogP contribution < -0.4 is 4.72 Å². The molecular weight excluding hydrogens is 445 g/mol. The Balaban J connectivity index is 1.65. The zero-order valence-corrected chi connectivity index (χ0v) is 17.1. The Morgan fingerprint density at radius 3 is 2.18 bits per heavy atom. The molecular formula is C21H17BrFNO3S. The predicted octanol–water partition coefficient (Wildman–Crippen LogP) is 4.74. The van der Waals surface area contributed by atoms with Gasteiger partial charge >= 0.3 is 0 Å². The molecule has 144 valence electrons. The standard InChI is InChI=1S/C21H17BrFNO3S/c22-17-3-1-2-16(12-17)14-20(25)13-15-4-10-21(11-5-15)28(26,27)24-19-8-6-18(23)7-9-19/h1-12,24H,13-14H2. The number of benzene rings is 3. The SMILES string of the molecule is O=C(Cc1ccc(S(=O)(=O)Nc2ccc(F)cc2)cc1)Cc1cccc(Br)c1. The lowest BCUT2D eigenvalue weighted by molar-refractivity contribution is -0.117. The summed E-state index contributed by atoms with van der Waals surface area (Å²) >= 11 is 3.38. The van der Waals surface area contributed by atoms with Crippen molar-refractivity contribution < 1.29 is 17.6 Å². The van der Waals surface area contributed by atoms with Crippen LogP contribution in [0.5, 0.6) is 0 Å². The van der Waals surface area contributed by atoms with Crippen LogP contribution >= 0.6 is 15.9 Å². The number of carbonyl (C=O) groups is 1. The van der Waals surface area contributed by atoms with Crippen LogP contribution in [0.25, 0.3) is 0 Å². The van der Waals surface area contributed by atoms with Gasteiger partial charge in [0.2, 0.25) is 0 Å². The van der Waals surface area contributed by atoms with Gasteiger partial charge < -0.3 is 0 Å². The third-order valence-corrected chi connectivity index (χ3v) is 5.91. The Labute approximate surface area is 171 Å². The molecule has 0 radical (unpaired) electrons. The van der Waals surface area contributed by atoms with E-state index in [1.165, 1.54) is 36.4 Å². The summed E-state index contributed by atoms with van der Waals surface area (Å²) in [6.07, 6.45) is 0.532. The molecule has 0 spiro atoms. The van der Waals surface area contributed by atoms with Gasteiger partial charge in [0.1, 0.15) is 11.6 Å². The van der Waals surface area contributed by atoms with E-state index in [9.17, 15) is 17.6 Å². The van der Waals surface area contributed by atoms with E-state index in [1.54, 1.807) is 12.1 Å². The minimum absolute atomic E-state index is 0.0399. The van der Waals surface area contributed by atoms with E-state index in [1.807, 2.05) is 24.3 Å². The molecule has 3 aromatic rings. The predicted molar refractivity (Wildman–Crippen MR) is 110 cm³/mol. The zero-order valence-electron chi connectivity index (χ0n) is 14.7. The number of Topliss-reactive ketones (excluding diaryl/α,β-unsaturated/α-hetero) is 1. The second-order valence-electron chi connectivity index (χ2n) is 6.28. The molecule has 0 saturated carbocycles. The number of hydrogen-bond donors (Lipinski definition) is 1. The second-order valence-corrected chi connectivity index (χ2v) is 8.88. The van der Waals surface area contributed by atoms with Crippen LogP contribution in [-0.4, -0.2) is 14.2 Å². The summed E-state index contributed by atoms with van der Waals surface area (Å²) < 4.78 is 41.1. The summed E-state index contributed by atoms with van der Waals surface area (Å²) in [5, 5.41) is 0. The van der Waals surface area contributed by atoms with E-state index >= 15 is 0 Å². The van der Waals surface area contributed by atoms with Crippen molar-refractivity contribution in [2.24, 2.45) is 0 Å². The number of nitrogens with one attached hydrogen (secondary N) is 1. The first kappa shape index (κ1) is 20.2. The number of ketones is 1. The highest BCUT2D eigenvalue weighted by Gasteiger charge is 2.14. The van der Waals surface area contributed by atoms with E-state index in [0.29, 0.717) is 6.42 Å². The smallest absolute Gasteiger partial charge is 0.261 e. The van der Waals surface area contributed by atoms with Gasteiger partial charge in [0.05, 0.1) is 4.90 Å². The quantitative estimate of drug-likeness (QED) is 0.552. The van der Waals surface area contributed by atoms with Gasteiger partial charge in [-0.15, -0.1) is 0 Å². The first-order valence-electron chi connectivity index (χ1n) is 8.45. The molecule has 0 aliphatic heterocycles. The third-order valence-electron chi connectivity index (χ3n) is 4.02. The van der Waals surface area contributed by atoms with Crippen molar-refractivity contribution in [3.8, 4) is 0 Å².